The van der Waals surface area contributed by atoms with Crippen molar-refractivity contribution in [3.05, 3.63) is 23.8 Å². The second-order valence-corrected chi connectivity index (χ2v) is 2.06. The first kappa shape index (κ1) is 8.65. The van der Waals surface area contributed by atoms with E-state index in [1.165, 1.54) is 6.07 Å². The molecule has 0 aromatic carbocycles. The van der Waals surface area contributed by atoms with Gasteiger partial charge in [0.2, 0.25) is 5.95 Å². The van der Waals surface area contributed by atoms with Crippen LogP contribution in [0.5, 0.6) is 0 Å². The summed E-state index contributed by atoms with van der Waals surface area (Å²) < 4.78 is 12.7. The van der Waals surface area contributed by atoms with Crippen LogP contribution in [0.25, 0.3) is 0 Å². The number of pyridine rings is 1. The van der Waals surface area contributed by atoms with Gasteiger partial charge in [-0.15, -0.1) is 0 Å². The number of nitriles is 1. The molecule has 0 aliphatic carbocycles. The Hall–Kier alpha value is -1.45. The molecule has 0 amide bonds. The van der Waals surface area contributed by atoms with Crippen LogP contribution in [0.15, 0.2) is 12.1 Å². The summed E-state index contributed by atoms with van der Waals surface area (Å²) in [5.41, 5.74) is -0.439. The zero-order chi connectivity index (χ0) is 9.14. The van der Waals surface area contributed by atoms with E-state index in [0.29, 0.717) is 0 Å². The Labute approximate surface area is 68.1 Å². The normalized spacial score (nSPS) is 9.17. The Morgan fingerprint density at radius 1 is 1.50 bits per heavy atom. The van der Waals surface area contributed by atoms with Crippen LogP contribution in [0.4, 0.5) is 4.39 Å². The van der Waals surface area contributed by atoms with Crippen molar-refractivity contribution in [1.82, 2.24) is 4.98 Å². The molecule has 60 valence electrons. The van der Waals surface area contributed by atoms with Crippen molar-refractivity contribution in [2.75, 3.05) is 0 Å². The minimum Gasteiger partial charge on any atom is -0.423 e. The number of rotatable bonds is 1. The topological polar surface area (TPSA) is 77.1 Å². The van der Waals surface area contributed by atoms with Gasteiger partial charge in [0.15, 0.2) is 0 Å². The molecular weight excluding hydrogens is 162 g/mol. The molecule has 0 atom stereocenters. The van der Waals surface area contributed by atoms with Gasteiger partial charge in [-0.25, -0.2) is 4.98 Å². The summed E-state index contributed by atoms with van der Waals surface area (Å²) in [7, 11) is -1.90. The monoisotopic (exact) mass is 166 g/mol. The summed E-state index contributed by atoms with van der Waals surface area (Å²) in [6.07, 6.45) is 0. The van der Waals surface area contributed by atoms with Crippen molar-refractivity contribution in [3.8, 4) is 6.07 Å². The van der Waals surface area contributed by atoms with Crippen LogP contribution in [0.3, 0.4) is 0 Å². The molecule has 0 bridgehead atoms. The van der Waals surface area contributed by atoms with Gasteiger partial charge in [0.25, 0.3) is 0 Å². The number of hydrogen-bond acceptors (Lipinski definition) is 4. The molecular formula is C6H4BFN2O2. The SMILES string of the molecule is N#Cc1ccc(B(O)O)c(F)n1. The summed E-state index contributed by atoms with van der Waals surface area (Å²) in [6, 6.07) is 3.93. The molecule has 1 heterocycles. The van der Waals surface area contributed by atoms with E-state index in [4.69, 9.17) is 15.3 Å². The molecule has 6 heteroatoms. The van der Waals surface area contributed by atoms with Crippen LogP contribution in [-0.4, -0.2) is 22.2 Å². The van der Waals surface area contributed by atoms with Crippen molar-refractivity contribution < 1.29 is 14.4 Å². The lowest BCUT2D eigenvalue weighted by Gasteiger charge is -1.98. The third-order valence-corrected chi connectivity index (χ3v) is 1.27. The molecule has 1 aromatic rings. The molecule has 0 saturated carbocycles. The van der Waals surface area contributed by atoms with Crippen LogP contribution in [0.2, 0.25) is 0 Å². The predicted octanol–water partition coefficient (Wildman–Crippen LogP) is -1.23. The summed E-state index contributed by atoms with van der Waals surface area (Å²) in [4.78, 5) is 3.17. The fourth-order valence-electron chi connectivity index (χ4n) is 0.700. The van der Waals surface area contributed by atoms with Crippen LogP contribution in [-0.2, 0) is 0 Å². The van der Waals surface area contributed by atoms with E-state index >= 15 is 0 Å². The summed E-state index contributed by atoms with van der Waals surface area (Å²) in [6.45, 7) is 0. The molecule has 0 aliphatic rings. The van der Waals surface area contributed by atoms with Crippen LogP contribution >= 0.6 is 0 Å². The molecule has 0 fully saturated rings. The number of nitrogens with zero attached hydrogens (tertiary/aromatic N) is 2. The quantitative estimate of drug-likeness (QED) is 0.404. The lowest BCUT2D eigenvalue weighted by atomic mass is 9.81. The maximum Gasteiger partial charge on any atom is 0.493 e. The van der Waals surface area contributed by atoms with E-state index in [2.05, 4.69) is 4.98 Å². The first-order chi connectivity index (χ1) is 5.65. The average Bonchev–Trinajstić information content (AvgIpc) is 2.03. The van der Waals surface area contributed by atoms with Crippen molar-refractivity contribution in [1.29, 1.82) is 5.26 Å². The van der Waals surface area contributed by atoms with Gasteiger partial charge in [0.05, 0.1) is 0 Å². The lowest BCUT2D eigenvalue weighted by Crippen LogP contribution is -2.33. The first-order valence-electron chi connectivity index (χ1n) is 3.08. The standard InChI is InChI=1S/C6H4BFN2O2/c8-6-5(7(11)12)2-1-4(3-9)10-6/h1-2,11-12H. The number of halogens is 1. The molecule has 0 saturated heterocycles. The van der Waals surface area contributed by atoms with Crippen molar-refractivity contribution in [3.63, 3.8) is 0 Å². The fraction of sp³-hybridized carbons (Fsp3) is 0. The Bertz CT molecular complexity index is 337. The van der Waals surface area contributed by atoms with Crippen LogP contribution in [0.1, 0.15) is 5.69 Å². The summed E-state index contributed by atoms with van der Waals surface area (Å²) in [5, 5.41) is 25.4. The first-order valence-corrected chi connectivity index (χ1v) is 3.08. The fourth-order valence-corrected chi connectivity index (χ4v) is 0.700. The zero-order valence-corrected chi connectivity index (χ0v) is 5.90. The number of hydrogen-bond donors (Lipinski definition) is 2. The molecule has 0 radical (unpaired) electrons. The van der Waals surface area contributed by atoms with Gasteiger partial charge in [-0.2, -0.15) is 9.65 Å². The largest absolute Gasteiger partial charge is 0.493 e. The Morgan fingerprint density at radius 2 is 2.17 bits per heavy atom. The minimum atomic E-state index is -1.90. The molecule has 1 rings (SSSR count). The highest BCUT2D eigenvalue weighted by molar-refractivity contribution is 6.58. The smallest absolute Gasteiger partial charge is 0.423 e. The van der Waals surface area contributed by atoms with Gasteiger partial charge in [-0.05, 0) is 6.07 Å². The third-order valence-electron chi connectivity index (χ3n) is 1.27. The van der Waals surface area contributed by atoms with Crippen molar-refractivity contribution >= 4 is 12.6 Å². The Kier molecular flexibility index (Phi) is 2.38. The van der Waals surface area contributed by atoms with Gasteiger partial charge in [-0.3, -0.25) is 0 Å². The highest BCUT2D eigenvalue weighted by atomic mass is 19.1. The molecule has 1 aromatic heterocycles. The number of aromatic nitrogens is 1. The lowest BCUT2D eigenvalue weighted by molar-refractivity contribution is 0.422. The second kappa shape index (κ2) is 3.30. The molecule has 2 N–H and O–H groups in total. The van der Waals surface area contributed by atoms with Crippen LogP contribution < -0.4 is 5.46 Å². The van der Waals surface area contributed by atoms with Gasteiger partial charge >= 0.3 is 7.12 Å². The van der Waals surface area contributed by atoms with Gasteiger partial charge in [0, 0.05) is 5.46 Å². The van der Waals surface area contributed by atoms with E-state index in [-0.39, 0.29) is 11.2 Å². The summed E-state index contributed by atoms with van der Waals surface area (Å²) in [5.74, 6) is -1.04. The van der Waals surface area contributed by atoms with E-state index < -0.39 is 13.1 Å². The average molecular weight is 166 g/mol. The van der Waals surface area contributed by atoms with Gasteiger partial charge in [-0.1, -0.05) is 6.07 Å². The third kappa shape index (κ3) is 1.58. The Balaban J connectivity index is 3.14. The summed E-state index contributed by atoms with van der Waals surface area (Å²) >= 11 is 0. The maximum atomic E-state index is 12.7. The maximum absolute atomic E-state index is 12.7. The molecule has 4 nitrogen and oxygen atoms in total. The minimum absolute atomic E-state index is 0.100. The van der Waals surface area contributed by atoms with Crippen LogP contribution in [0, 0.1) is 17.3 Å². The molecule has 0 spiro atoms. The predicted molar refractivity (Wildman–Crippen MR) is 38.7 cm³/mol. The van der Waals surface area contributed by atoms with E-state index in [1.807, 2.05) is 0 Å². The highest BCUT2D eigenvalue weighted by Gasteiger charge is 2.17. The van der Waals surface area contributed by atoms with E-state index in [9.17, 15) is 4.39 Å². The Morgan fingerprint density at radius 3 is 2.58 bits per heavy atom. The van der Waals surface area contributed by atoms with E-state index in [0.717, 1.165) is 6.07 Å². The van der Waals surface area contributed by atoms with Gasteiger partial charge < -0.3 is 10.0 Å². The molecule has 0 unspecified atom stereocenters. The highest BCUT2D eigenvalue weighted by Crippen LogP contribution is 1.94. The van der Waals surface area contributed by atoms with Crippen molar-refractivity contribution in [2.24, 2.45) is 0 Å². The molecule has 0 aliphatic heterocycles. The van der Waals surface area contributed by atoms with Gasteiger partial charge in [0.1, 0.15) is 11.8 Å². The molecule has 12 heavy (non-hydrogen) atoms. The van der Waals surface area contributed by atoms with Crippen molar-refractivity contribution in [2.45, 2.75) is 0 Å². The van der Waals surface area contributed by atoms with E-state index in [1.54, 1.807) is 6.07 Å². The second-order valence-electron chi connectivity index (χ2n) is 2.06. The zero-order valence-electron chi connectivity index (χ0n) is 5.90.